The predicted molar refractivity (Wildman–Crippen MR) is 471 cm³/mol. The lowest BCUT2D eigenvalue weighted by molar-refractivity contribution is -0.218. The molecule has 12 bridgehead atoms. The van der Waals surface area contributed by atoms with Crippen LogP contribution in [-0.4, -0.2) is 243 Å². The third-order valence-electron chi connectivity index (χ3n) is 26.5. The number of fused-ring (bicyclic) bond motifs is 16. The Morgan fingerprint density at radius 3 is 1.30 bits per heavy atom. The van der Waals surface area contributed by atoms with E-state index < -0.39 is 130 Å². The highest BCUT2D eigenvalue weighted by Crippen LogP contribution is 2.57. The number of carbonyl (C=O) groups is 20. The minimum atomic E-state index is -0.847. The molecule has 138 heavy (non-hydrogen) atoms. The number of rotatable bonds is 36. The Labute approximate surface area is 799 Å². The van der Waals surface area contributed by atoms with E-state index in [2.05, 4.69) is 39.5 Å². The Bertz CT molecular complexity index is 4700. The summed E-state index contributed by atoms with van der Waals surface area (Å²) in [6, 6.07) is 0. The van der Waals surface area contributed by atoms with Gasteiger partial charge in [0.15, 0.2) is 0 Å². The Hall–Kier alpha value is -12.2. The van der Waals surface area contributed by atoms with Crippen LogP contribution in [0.1, 0.15) is 237 Å². The van der Waals surface area contributed by atoms with Gasteiger partial charge in [0.1, 0.15) is 117 Å². The highest BCUT2D eigenvalue weighted by Gasteiger charge is 2.63. The van der Waals surface area contributed by atoms with E-state index in [0.717, 1.165) is 19.3 Å². The summed E-state index contributed by atoms with van der Waals surface area (Å²) in [4.78, 5) is 231. The van der Waals surface area contributed by atoms with Crippen molar-refractivity contribution in [2.75, 3.05) is 59.5 Å². The Balaban J connectivity index is 0.000000203. The molecule has 7 heterocycles. The second-order valence-electron chi connectivity index (χ2n) is 38.1. The number of esters is 20. The average Bonchev–Trinajstić information content (AvgIpc) is 1.58. The second kappa shape index (κ2) is 49.4. The van der Waals surface area contributed by atoms with Gasteiger partial charge in [0, 0.05) is 77.4 Å². The van der Waals surface area contributed by atoms with Crippen LogP contribution in [-0.2, 0) is 191 Å². The van der Waals surface area contributed by atoms with Gasteiger partial charge >= 0.3 is 119 Å². The van der Waals surface area contributed by atoms with Crippen molar-refractivity contribution in [3.8, 4) is 0 Å². The molecule has 40 heteroatoms. The molecule has 0 radical (unpaired) electrons. The maximum Gasteiger partial charge on any atom is 0.333 e. The van der Waals surface area contributed by atoms with Crippen LogP contribution >= 0.6 is 0 Å². The molecule has 0 amide bonds. The van der Waals surface area contributed by atoms with E-state index in [0.29, 0.717) is 95.7 Å². The van der Waals surface area contributed by atoms with E-state index >= 15 is 0 Å². The summed E-state index contributed by atoms with van der Waals surface area (Å²) in [6.07, 6.45) is 7.45. The summed E-state index contributed by atoms with van der Waals surface area (Å²) in [6.45, 7) is 40.7. The van der Waals surface area contributed by atoms with Crippen molar-refractivity contribution in [2.45, 2.75) is 302 Å². The van der Waals surface area contributed by atoms with Crippen molar-refractivity contribution >= 4 is 119 Å². The van der Waals surface area contributed by atoms with Crippen molar-refractivity contribution < 1.29 is 191 Å². The van der Waals surface area contributed by atoms with Crippen molar-refractivity contribution in [3.63, 3.8) is 0 Å². The first kappa shape index (κ1) is 111. The monoisotopic (exact) mass is 1950 g/mol. The third kappa shape index (κ3) is 30.9. The molecule has 7 saturated carbocycles. The first-order chi connectivity index (χ1) is 64.7. The van der Waals surface area contributed by atoms with Gasteiger partial charge in [-0.3, -0.25) is 67.1 Å². The van der Waals surface area contributed by atoms with Crippen molar-refractivity contribution in [3.05, 3.63) is 72.9 Å². The molecule has 0 aromatic heterocycles. The number of hydrogen-bond donors (Lipinski definition) is 0. The maximum atomic E-state index is 12.0. The first-order valence-corrected chi connectivity index (χ1v) is 46.5. The van der Waals surface area contributed by atoms with Crippen LogP contribution in [0.3, 0.4) is 0 Å². The van der Waals surface area contributed by atoms with Gasteiger partial charge in [-0.2, -0.15) is 0 Å². The van der Waals surface area contributed by atoms with Crippen LogP contribution in [0.2, 0.25) is 0 Å². The van der Waals surface area contributed by atoms with Gasteiger partial charge in [-0.1, -0.05) is 46.4 Å². The molecule has 14 rings (SSSR count). The molecule has 21 atom stereocenters. The average molecular weight is 1950 g/mol. The fourth-order valence-electron chi connectivity index (χ4n) is 18.6. The Kier molecular flexibility index (Phi) is 39.8. The lowest BCUT2D eigenvalue weighted by atomic mass is 9.71. The molecule has 762 valence electrons. The quantitative estimate of drug-likeness (QED) is 0.0244. The molecule has 0 aromatic rings. The van der Waals surface area contributed by atoms with Crippen molar-refractivity contribution in [1.29, 1.82) is 0 Å². The second-order valence-corrected chi connectivity index (χ2v) is 38.1. The summed E-state index contributed by atoms with van der Waals surface area (Å²) in [5.41, 5.74) is -2.27. The molecule has 0 N–H and O–H groups in total. The molecule has 7 aliphatic carbocycles. The first-order valence-electron chi connectivity index (χ1n) is 46.5. The molecule has 7 saturated heterocycles. The summed E-state index contributed by atoms with van der Waals surface area (Å²) in [5, 5.41) is 0. The van der Waals surface area contributed by atoms with Gasteiger partial charge in [0.2, 0.25) is 0 Å². The van der Waals surface area contributed by atoms with Gasteiger partial charge in [-0.15, -0.1) is 0 Å². The third-order valence-corrected chi connectivity index (χ3v) is 26.5. The standard InChI is InChI=1S/C18H24O8.C17H22O8.C16H20O6.2C16H22O6.C15H20O6/c1-11(2)16(21)24-9-8-23-14(19)4-5-15(20)26-18(3)7-6-12-10-13(18)25-17(12)22;1-10(2)16(20)23-8-7-22-14(18)5-6-15(19)24-12-4-3-11-9-13(12)25-17(11)21;1-8(2)15(18)20-4-3-13(17)22-12-6-9-5-10(12)11-7-21-16(19)14(9)11;1-10(2)13(18)20-8-6-12(17)21-15(3)7-5-11-9-16(15,4)22-14(11)19;1-9(2)14(18)20-6-5-12(17)21-13-10(3)7-11-8-16(13,4)22-15(11)19;1-9(2)13(17)19-7-5-12(16)20-11-8-10-4-6-15(11,3)21-14(10)18/h12-13H,1,4-10H2,2-3H3;11-13H,1,3-9H2,2H3;9-12,14H,1,3-7H2,2H3;11H,1,5-9H2,2-4H3;10-11,13H,1,5-8H2,2-4H3;10-11H,1,4-8H2,2-3H3. The predicted octanol–water partition coefficient (Wildman–Crippen LogP) is 8.97. The molecular formula is C98H130O40. The van der Waals surface area contributed by atoms with Gasteiger partial charge < -0.3 is 94.7 Å². The van der Waals surface area contributed by atoms with E-state index in [9.17, 15) is 95.9 Å². The Morgan fingerprint density at radius 1 is 0.348 bits per heavy atom. The molecule has 14 fully saturated rings. The molecule has 14 aliphatic rings. The molecule has 0 spiro atoms. The van der Waals surface area contributed by atoms with Crippen molar-refractivity contribution in [2.24, 2.45) is 59.2 Å². The smallest absolute Gasteiger partial charge is 0.333 e. The number of ether oxygens (including phenoxy) is 20. The molecular weight excluding hydrogens is 1820 g/mol. The molecule has 40 nitrogen and oxygen atoms in total. The summed E-state index contributed by atoms with van der Waals surface area (Å²) in [7, 11) is 0. The van der Waals surface area contributed by atoms with Crippen LogP contribution in [0.4, 0.5) is 0 Å². The fourth-order valence-corrected chi connectivity index (χ4v) is 18.6. The number of carbonyl (C=O) groups excluding carboxylic acids is 20. The zero-order valence-corrected chi connectivity index (χ0v) is 80.6. The lowest BCUT2D eigenvalue weighted by Crippen LogP contribution is -2.57. The Morgan fingerprint density at radius 2 is 0.768 bits per heavy atom. The summed E-state index contributed by atoms with van der Waals surface area (Å²) >= 11 is 0. The molecule has 7 aliphatic heterocycles. The summed E-state index contributed by atoms with van der Waals surface area (Å²) in [5.74, 6) is -8.13. The molecule has 21 unspecified atom stereocenters. The van der Waals surface area contributed by atoms with E-state index in [4.69, 9.17) is 94.7 Å². The van der Waals surface area contributed by atoms with Crippen molar-refractivity contribution in [1.82, 2.24) is 0 Å². The van der Waals surface area contributed by atoms with Gasteiger partial charge in [0.25, 0.3) is 0 Å². The number of cyclic esters (lactones) is 1. The zero-order chi connectivity index (χ0) is 102. The van der Waals surface area contributed by atoms with Gasteiger partial charge in [-0.05, 0) is 159 Å². The van der Waals surface area contributed by atoms with E-state index in [1.165, 1.54) is 34.6 Å². The van der Waals surface area contributed by atoms with Crippen LogP contribution in [0, 0.1) is 59.2 Å². The highest BCUT2D eigenvalue weighted by molar-refractivity contribution is 5.90. The molecule has 0 aromatic carbocycles. The normalized spacial score (nSPS) is 30.1. The topological polar surface area (TPSA) is 526 Å². The number of hydrogen-bond acceptors (Lipinski definition) is 40. The van der Waals surface area contributed by atoms with Crippen LogP contribution in [0.25, 0.3) is 0 Å². The van der Waals surface area contributed by atoms with Crippen LogP contribution < -0.4 is 0 Å². The summed E-state index contributed by atoms with van der Waals surface area (Å²) < 4.78 is 103. The SMILES string of the molecule is C=C(C)C(=O)OCCC(=O)OC1(C)CCC2CC1(C)OC2=O.C=C(C)C(=O)OCCC(=O)OC1C(C)CC2CC1(C)OC2=O.C=C(C)C(=O)OCCC(=O)OC1CC2CC1C1COC(=O)C21.C=C(C)C(=O)OCCC(=O)OC1CC2CCC1(C)OC2=O.C=C(C)C(=O)OCCOC(=O)CCC(=O)OC1(C)CCC2CC1OC2=O.C=C(C)C(=O)OCCOC(=O)CCC(=O)OC1CCC2CC1OC2=O. The minimum Gasteiger partial charge on any atom is -0.465 e. The highest BCUT2D eigenvalue weighted by atomic mass is 16.7. The van der Waals surface area contributed by atoms with E-state index in [1.54, 1.807) is 41.5 Å². The van der Waals surface area contributed by atoms with Gasteiger partial charge in [-0.25, -0.2) is 28.8 Å². The fraction of sp³-hybridized carbons (Fsp3) is 0.673. The lowest BCUT2D eigenvalue weighted by Gasteiger charge is -2.47. The van der Waals surface area contributed by atoms with Gasteiger partial charge in [0.05, 0.1) is 93.5 Å². The maximum absolute atomic E-state index is 12.0. The minimum absolute atomic E-state index is 0.000999. The van der Waals surface area contributed by atoms with Crippen LogP contribution in [0.15, 0.2) is 72.9 Å². The van der Waals surface area contributed by atoms with E-state index in [-0.39, 0.29) is 245 Å². The van der Waals surface area contributed by atoms with Crippen LogP contribution in [0.5, 0.6) is 0 Å². The largest absolute Gasteiger partial charge is 0.465 e. The van der Waals surface area contributed by atoms with E-state index in [1.807, 2.05) is 6.92 Å². The zero-order valence-electron chi connectivity index (χ0n) is 80.6.